The van der Waals surface area contributed by atoms with Crippen LogP contribution in [0.25, 0.3) is 0 Å². The topological polar surface area (TPSA) is 59.5 Å². The number of pyridine rings is 1. The lowest BCUT2D eigenvalue weighted by Gasteiger charge is -2.27. The standard InChI is InChI=1S/C21H29FN2O3/c1-14(2)19(27-21(26)16-8-9-16)15(3)7-5-6-12-24(4)20(25)18-11-10-17(22)13-23-18/h5-6,10-11,13-16,19H,7-9,12H2,1-4H3/b6-5-/t15-,19+/m1/s1. The van der Waals surface area contributed by atoms with Gasteiger partial charge in [-0.15, -0.1) is 0 Å². The van der Waals surface area contributed by atoms with Crippen LogP contribution < -0.4 is 0 Å². The molecule has 1 aromatic rings. The Balaban J connectivity index is 1.81. The zero-order chi connectivity index (χ0) is 20.0. The third-order valence-corrected chi connectivity index (χ3v) is 4.73. The molecule has 1 aliphatic carbocycles. The minimum absolute atomic E-state index is 0.0679. The summed E-state index contributed by atoms with van der Waals surface area (Å²) in [6.07, 6.45) is 7.50. The molecule has 6 heteroatoms. The van der Waals surface area contributed by atoms with E-state index in [2.05, 4.69) is 25.8 Å². The molecule has 1 aromatic heterocycles. The van der Waals surface area contributed by atoms with E-state index in [4.69, 9.17) is 4.74 Å². The molecule has 1 heterocycles. The van der Waals surface area contributed by atoms with Gasteiger partial charge in [0, 0.05) is 13.6 Å². The van der Waals surface area contributed by atoms with Gasteiger partial charge >= 0.3 is 5.97 Å². The van der Waals surface area contributed by atoms with Crippen molar-refractivity contribution in [2.24, 2.45) is 17.8 Å². The van der Waals surface area contributed by atoms with E-state index in [0.717, 1.165) is 25.5 Å². The number of hydrogen-bond donors (Lipinski definition) is 0. The second-order valence-electron chi connectivity index (χ2n) is 7.65. The van der Waals surface area contributed by atoms with Crippen molar-refractivity contribution in [1.82, 2.24) is 9.88 Å². The van der Waals surface area contributed by atoms with Gasteiger partial charge in [-0.25, -0.2) is 9.37 Å². The molecule has 1 aliphatic rings. The average Bonchev–Trinajstić information content (AvgIpc) is 3.47. The largest absolute Gasteiger partial charge is 0.462 e. The van der Waals surface area contributed by atoms with E-state index in [1.165, 1.54) is 17.0 Å². The molecule has 1 saturated carbocycles. The number of rotatable bonds is 9. The first kappa shape index (κ1) is 21.1. The normalized spacial score (nSPS) is 16.4. The predicted molar refractivity (Wildman–Crippen MR) is 102 cm³/mol. The van der Waals surface area contributed by atoms with E-state index in [1.807, 2.05) is 12.2 Å². The first-order valence-corrected chi connectivity index (χ1v) is 9.52. The number of esters is 1. The lowest BCUT2D eigenvalue weighted by Crippen LogP contribution is -2.30. The van der Waals surface area contributed by atoms with Crippen molar-refractivity contribution in [1.29, 1.82) is 0 Å². The molecule has 0 bridgehead atoms. The van der Waals surface area contributed by atoms with Gasteiger partial charge in [0.25, 0.3) is 5.91 Å². The molecule has 0 aromatic carbocycles. The van der Waals surface area contributed by atoms with E-state index in [1.54, 1.807) is 7.05 Å². The molecule has 0 N–H and O–H groups in total. The first-order chi connectivity index (χ1) is 12.8. The monoisotopic (exact) mass is 376 g/mol. The third-order valence-electron chi connectivity index (χ3n) is 4.73. The van der Waals surface area contributed by atoms with Gasteiger partial charge in [-0.05, 0) is 43.2 Å². The minimum atomic E-state index is -0.467. The number of halogens is 1. The van der Waals surface area contributed by atoms with Crippen molar-refractivity contribution >= 4 is 11.9 Å². The van der Waals surface area contributed by atoms with E-state index < -0.39 is 5.82 Å². The molecule has 0 spiro atoms. The summed E-state index contributed by atoms with van der Waals surface area (Å²) >= 11 is 0. The third kappa shape index (κ3) is 6.45. The number of carbonyl (C=O) groups excluding carboxylic acids is 2. The van der Waals surface area contributed by atoms with Crippen molar-refractivity contribution in [3.8, 4) is 0 Å². The van der Waals surface area contributed by atoms with E-state index in [9.17, 15) is 14.0 Å². The van der Waals surface area contributed by atoms with Gasteiger partial charge in [0.2, 0.25) is 0 Å². The quantitative estimate of drug-likeness (QED) is 0.485. The van der Waals surface area contributed by atoms with Crippen LogP contribution in [0.5, 0.6) is 0 Å². The maximum Gasteiger partial charge on any atom is 0.309 e. The Hall–Kier alpha value is -2.24. The van der Waals surface area contributed by atoms with Crippen LogP contribution in [-0.2, 0) is 9.53 Å². The minimum Gasteiger partial charge on any atom is -0.462 e. The molecular weight excluding hydrogens is 347 g/mol. The number of allylic oxidation sites excluding steroid dienone is 1. The summed E-state index contributed by atoms with van der Waals surface area (Å²) in [6, 6.07) is 2.60. The van der Waals surface area contributed by atoms with Gasteiger partial charge in [-0.2, -0.15) is 0 Å². The molecular formula is C21H29FN2O3. The van der Waals surface area contributed by atoms with Crippen LogP contribution >= 0.6 is 0 Å². The first-order valence-electron chi connectivity index (χ1n) is 9.52. The fourth-order valence-corrected chi connectivity index (χ4v) is 2.92. The predicted octanol–water partition coefficient (Wildman–Crippen LogP) is 3.85. The summed E-state index contributed by atoms with van der Waals surface area (Å²) < 4.78 is 18.6. The lowest BCUT2D eigenvalue weighted by molar-refractivity contribution is -0.155. The molecule has 2 atom stereocenters. The average molecular weight is 376 g/mol. The van der Waals surface area contributed by atoms with Gasteiger partial charge in [0.05, 0.1) is 12.1 Å². The second kappa shape index (κ2) is 9.62. The Morgan fingerprint density at radius 3 is 2.56 bits per heavy atom. The van der Waals surface area contributed by atoms with Crippen molar-refractivity contribution in [3.05, 3.63) is 42.0 Å². The number of likely N-dealkylation sites (N-methyl/N-ethyl adjacent to an activating group) is 1. The molecule has 0 radical (unpaired) electrons. The zero-order valence-electron chi connectivity index (χ0n) is 16.5. The van der Waals surface area contributed by atoms with E-state index >= 15 is 0 Å². The number of nitrogens with zero attached hydrogens (tertiary/aromatic N) is 2. The van der Waals surface area contributed by atoms with Crippen molar-refractivity contribution < 1.29 is 18.7 Å². The Kier molecular flexibility index (Phi) is 7.51. The van der Waals surface area contributed by atoms with Gasteiger partial charge in [-0.1, -0.05) is 32.9 Å². The van der Waals surface area contributed by atoms with Crippen LogP contribution in [0.2, 0.25) is 0 Å². The fourth-order valence-electron chi connectivity index (χ4n) is 2.92. The Bertz CT molecular complexity index is 669. The van der Waals surface area contributed by atoms with Crippen LogP contribution in [0.1, 0.15) is 50.5 Å². The van der Waals surface area contributed by atoms with Crippen LogP contribution in [0.15, 0.2) is 30.5 Å². The van der Waals surface area contributed by atoms with Crippen LogP contribution in [0.4, 0.5) is 4.39 Å². The van der Waals surface area contributed by atoms with Crippen molar-refractivity contribution in [2.45, 2.75) is 46.1 Å². The molecule has 2 rings (SSSR count). The van der Waals surface area contributed by atoms with Gasteiger partial charge in [0.15, 0.2) is 0 Å². The SMILES string of the molecule is CC(C)[C@H](OC(=O)C1CC1)[C@H](C)C/C=C\CN(C)C(=O)c1ccc(F)cn1. The molecule has 0 unspecified atom stereocenters. The maximum atomic E-state index is 12.9. The van der Waals surface area contributed by atoms with Crippen molar-refractivity contribution in [3.63, 3.8) is 0 Å². The summed E-state index contributed by atoms with van der Waals surface area (Å²) in [6.45, 7) is 6.63. The molecule has 0 aliphatic heterocycles. The molecule has 5 nitrogen and oxygen atoms in total. The molecule has 1 amide bonds. The summed E-state index contributed by atoms with van der Waals surface area (Å²) in [5.74, 6) is -0.236. The molecule has 27 heavy (non-hydrogen) atoms. The van der Waals surface area contributed by atoms with Crippen LogP contribution in [0, 0.1) is 23.6 Å². The number of aromatic nitrogens is 1. The highest BCUT2D eigenvalue weighted by Gasteiger charge is 2.34. The van der Waals surface area contributed by atoms with E-state index in [-0.39, 0.29) is 41.4 Å². The highest BCUT2D eigenvalue weighted by molar-refractivity contribution is 5.92. The summed E-state index contributed by atoms with van der Waals surface area (Å²) in [5.41, 5.74) is 0.215. The van der Waals surface area contributed by atoms with Crippen molar-refractivity contribution in [2.75, 3.05) is 13.6 Å². The van der Waals surface area contributed by atoms with Gasteiger partial charge in [-0.3, -0.25) is 9.59 Å². The zero-order valence-corrected chi connectivity index (χ0v) is 16.5. The number of amides is 1. The van der Waals surface area contributed by atoms with Crippen LogP contribution in [0.3, 0.4) is 0 Å². The summed E-state index contributed by atoms with van der Waals surface area (Å²) in [7, 11) is 1.68. The maximum absolute atomic E-state index is 12.9. The van der Waals surface area contributed by atoms with Gasteiger partial charge in [0.1, 0.15) is 17.6 Å². The number of carbonyl (C=O) groups is 2. The fraction of sp³-hybridized carbons (Fsp3) is 0.571. The molecule has 0 saturated heterocycles. The Labute approximate surface area is 160 Å². The highest BCUT2D eigenvalue weighted by atomic mass is 19.1. The second-order valence-corrected chi connectivity index (χ2v) is 7.65. The molecule has 1 fully saturated rings. The smallest absolute Gasteiger partial charge is 0.309 e. The van der Waals surface area contributed by atoms with E-state index in [0.29, 0.717) is 6.54 Å². The van der Waals surface area contributed by atoms with Crippen LogP contribution in [-0.4, -0.2) is 41.5 Å². The highest BCUT2D eigenvalue weighted by Crippen LogP contribution is 2.32. The summed E-state index contributed by atoms with van der Waals surface area (Å²) in [4.78, 5) is 29.5. The number of hydrogen-bond acceptors (Lipinski definition) is 4. The summed E-state index contributed by atoms with van der Waals surface area (Å²) in [5, 5.41) is 0. The Morgan fingerprint density at radius 2 is 2.00 bits per heavy atom. The lowest BCUT2D eigenvalue weighted by atomic mass is 9.92. The van der Waals surface area contributed by atoms with Gasteiger partial charge < -0.3 is 9.64 Å². The number of ether oxygens (including phenoxy) is 1. The Morgan fingerprint density at radius 1 is 1.30 bits per heavy atom. The molecule has 148 valence electrons.